The first-order chi connectivity index (χ1) is 7.25. The molecule has 2 rings (SSSR count). The summed E-state index contributed by atoms with van der Waals surface area (Å²) in [5.41, 5.74) is 1.53. The van der Waals surface area contributed by atoms with Crippen molar-refractivity contribution in [1.82, 2.24) is 10.3 Å². The minimum Gasteiger partial charge on any atom is -0.316 e. The zero-order valence-electron chi connectivity index (χ0n) is 9.09. The largest absolute Gasteiger partial charge is 0.316 e. The van der Waals surface area contributed by atoms with Crippen LogP contribution in [0.4, 0.5) is 4.39 Å². The third-order valence-electron chi connectivity index (χ3n) is 2.98. The van der Waals surface area contributed by atoms with Crippen LogP contribution < -0.4 is 5.32 Å². The lowest BCUT2D eigenvalue weighted by atomic mass is 9.94. The van der Waals surface area contributed by atoms with Crippen LogP contribution in [0.2, 0.25) is 0 Å². The van der Waals surface area contributed by atoms with Gasteiger partial charge in [0, 0.05) is 5.69 Å². The third-order valence-corrected chi connectivity index (χ3v) is 2.98. The standard InChI is InChI=1S/C12H17FN2/c1-9-12(13)5-4-11(15-9)7-10-3-2-6-14-8-10/h4-5,10,14H,2-3,6-8H2,1H3. The summed E-state index contributed by atoms with van der Waals surface area (Å²) in [6, 6.07) is 3.32. The summed E-state index contributed by atoms with van der Waals surface area (Å²) in [7, 11) is 0. The Labute approximate surface area is 89.9 Å². The Balaban J connectivity index is 2.00. The SMILES string of the molecule is Cc1nc(CC2CCCNC2)ccc1F. The van der Waals surface area contributed by atoms with Gasteiger partial charge in [-0.1, -0.05) is 0 Å². The van der Waals surface area contributed by atoms with Crippen molar-refractivity contribution in [3.8, 4) is 0 Å². The van der Waals surface area contributed by atoms with Crippen molar-refractivity contribution >= 4 is 0 Å². The van der Waals surface area contributed by atoms with Gasteiger partial charge in [0.15, 0.2) is 0 Å². The van der Waals surface area contributed by atoms with Crippen LogP contribution in [0.3, 0.4) is 0 Å². The van der Waals surface area contributed by atoms with Gasteiger partial charge < -0.3 is 5.32 Å². The monoisotopic (exact) mass is 208 g/mol. The van der Waals surface area contributed by atoms with Gasteiger partial charge in [0.25, 0.3) is 0 Å². The number of hydrogen-bond acceptors (Lipinski definition) is 2. The van der Waals surface area contributed by atoms with E-state index in [2.05, 4.69) is 10.3 Å². The molecule has 1 unspecified atom stereocenters. The molecule has 1 atom stereocenters. The summed E-state index contributed by atoms with van der Waals surface area (Å²) in [5, 5.41) is 3.38. The van der Waals surface area contributed by atoms with Crippen molar-refractivity contribution in [2.24, 2.45) is 5.92 Å². The number of piperidine rings is 1. The highest BCUT2D eigenvalue weighted by atomic mass is 19.1. The summed E-state index contributed by atoms with van der Waals surface area (Å²) >= 11 is 0. The molecular weight excluding hydrogens is 191 g/mol. The Morgan fingerprint density at radius 2 is 2.40 bits per heavy atom. The summed E-state index contributed by atoms with van der Waals surface area (Å²) in [6.45, 7) is 3.92. The molecule has 2 nitrogen and oxygen atoms in total. The molecule has 3 heteroatoms. The second kappa shape index (κ2) is 4.71. The maximum Gasteiger partial charge on any atom is 0.144 e. The molecule has 0 aromatic carbocycles. The van der Waals surface area contributed by atoms with E-state index < -0.39 is 0 Å². The van der Waals surface area contributed by atoms with Gasteiger partial charge in [-0.3, -0.25) is 4.98 Å². The Hall–Kier alpha value is -0.960. The quantitative estimate of drug-likeness (QED) is 0.804. The molecule has 15 heavy (non-hydrogen) atoms. The first kappa shape index (κ1) is 10.6. The number of aromatic nitrogens is 1. The number of aryl methyl sites for hydroxylation is 1. The van der Waals surface area contributed by atoms with E-state index in [-0.39, 0.29) is 5.82 Å². The van der Waals surface area contributed by atoms with Crippen LogP contribution in [-0.4, -0.2) is 18.1 Å². The van der Waals surface area contributed by atoms with Gasteiger partial charge in [-0.15, -0.1) is 0 Å². The lowest BCUT2D eigenvalue weighted by Crippen LogP contribution is -2.31. The number of rotatable bonds is 2. The van der Waals surface area contributed by atoms with Crippen LogP contribution >= 0.6 is 0 Å². The van der Waals surface area contributed by atoms with Crippen LogP contribution in [0.25, 0.3) is 0 Å². The molecule has 2 heterocycles. The van der Waals surface area contributed by atoms with Gasteiger partial charge in [-0.2, -0.15) is 0 Å². The van der Waals surface area contributed by atoms with E-state index in [4.69, 9.17) is 0 Å². The number of halogens is 1. The van der Waals surface area contributed by atoms with Gasteiger partial charge in [-0.05, 0) is 57.3 Å². The summed E-state index contributed by atoms with van der Waals surface area (Å²) < 4.78 is 13.0. The molecule has 1 aromatic heterocycles. The van der Waals surface area contributed by atoms with Gasteiger partial charge in [0.2, 0.25) is 0 Å². The Morgan fingerprint density at radius 1 is 1.53 bits per heavy atom. The first-order valence-corrected chi connectivity index (χ1v) is 5.58. The van der Waals surface area contributed by atoms with Gasteiger partial charge in [-0.25, -0.2) is 4.39 Å². The normalized spacial score (nSPS) is 21.6. The van der Waals surface area contributed by atoms with Crippen molar-refractivity contribution in [1.29, 1.82) is 0 Å². The number of pyridine rings is 1. The average Bonchev–Trinajstić information content (AvgIpc) is 2.25. The molecule has 1 N–H and O–H groups in total. The van der Waals surface area contributed by atoms with E-state index in [0.717, 1.165) is 25.2 Å². The second-order valence-corrected chi connectivity index (χ2v) is 4.29. The van der Waals surface area contributed by atoms with Gasteiger partial charge in [0.05, 0.1) is 5.69 Å². The second-order valence-electron chi connectivity index (χ2n) is 4.29. The molecule has 0 spiro atoms. The molecule has 0 aliphatic carbocycles. The fourth-order valence-electron chi connectivity index (χ4n) is 2.10. The molecule has 82 valence electrons. The average molecular weight is 208 g/mol. The molecule has 1 aliphatic heterocycles. The minimum absolute atomic E-state index is 0.208. The van der Waals surface area contributed by atoms with Crippen molar-refractivity contribution in [3.05, 3.63) is 29.3 Å². The van der Waals surface area contributed by atoms with Crippen molar-refractivity contribution in [2.45, 2.75) is 26.2 Å². The van der Waals surface area contributed by atoms with Crippen molar-refractivity contribution < 1.29 is 4.39 Å². The van der Waals surface area contributed by atoms with Crippen molar-refractivity contribution in [2.75, 3.05) is 13.1 Å². The molecule has 0 radical (unpaired) electrons. The maximum absolute atomic E-state index is 13.0. The van der Waals surface area contributed by atoms with Gasteiger partial charge >= 0.3 is 0 Å². The van der Waals surface area contributed by atoms with E-state index in [1.165, 1.54) is 18.9 Å². The Bertz CT molecular complexity index is 332. The van der Waals surface area contributed by atoms with E-state index >= 15 is 0 Å². The lowest BCUT2D eigenvalue weighted by Gasteiger charge is -2.22. The topological polar surface area (TPSA) is 24.9 Å². The fraction of sp³-hybridized carbons (Fsp3) is 0.583. The van der Waals surface area contributed by atoms with Crippen LogP contribution in [0.1, 0.15) is 24.2 Å². The molecule has 0 amide bonds. The summed E-state index contributed by atoms with van der Waals surface area (Å²) in [5.74, 6) is 0.455. The molecule has 1 saturated heterocycles. The first-order valence-electron chi connectivity index (χ1n) is 5.58. The van der Waals surface area contributed by atoms with Gasteiger partial charge in [0.1, 0.15) is 5.82 Å². The Morgan fingerprint density at radius 3 is 3.07 bits per heavy atom. The predicted octanol–water partition coefficient (Wildman–Crippen LogP) is 2.07. The molecular formula is C12H17FN2. The van der Waals surface area contributed by atoms with E-state index in [1.807, 2.05) is 0 Å². The number of nitrogens with one attached hydrogen (secondary N) is 1. The zero-order chi connectivity index (χ0) is 10.7. The highest BCUT2D eigenvalue weighted by Gasteiger charge is 2.14. The number of nitrogens with zero attached hydrogens (tertiary/aromatic N) is 1. The zero-order valence-corrected chi connectivity index (χ0v) is 9.09. The fourth-order valence-corrected chi connectivity index (χ4v) is 2.10. The summed E-state index contributed by atoms with van der Waals surface area (Å²) in [6.07, 6.45) is 3.46. The van der Waals surface area contributed by atoms with E-state index in [9.17, 15) is 4.39 Å². The van der Waals surface area contributed by atoms with Crippen molar-refractivity contribution in [3.63, 3.8) is 0 Å². The Kier molecular flexibility index (Phi) is 3.31. The van der Waals surface area contributed by atoms with Crippen LogP contribution in [0.15, 0.2) is 12.1 Å². The molecule has 1 fully saturated rings. The van der Waals surface area contributed by atoms with Crippen LogP contribution in [0.5, 0.6) is 0 Å². The molecule has 0 saturated carbocycles. The van der Waals surface area contributed by atoms with E-state index in [1.54, 1.807) is 13.0 Å². The van der Waals surface area contributed by atoms with Crippen LogP contribution in [-0.2, 0) is 6.42 Å². The maximum atomic E-state index is 13.0. The smallest absolute Gasteiger partial charge is 0.144 e. The molecule has 1 aliphatic rings. The third kappa shape index (κ3) is 2.75. The highest BCUT2D eigenvalue weighted by molar-refractivity contribution is 5.12. The number of hydrogen-bond donors (Lipinski definition) is 1. The molecule has 1 aromatic rings. The predicted molar refractivity (Wildman–Crippen MR) is 58.2 cm³/mol. The highest BCUT2D eigenvalue weighted by Crippen LogP contribution is 2.16. The molecule has 0 bridgehead atoms. The minimum atomic E-state index is -0.208. The summed E-state index contributed by atoms with van der Waals surface area (Å²) in [4.78, 5) is 4.26. The van der Waals surface area contributed by atoms with Crippen LogP contribution in [0, 0.1) is 18.7 Å². The lowest BCUT2D eigenvalue weighted by molar-refractivity contribution is 0.373. The van der Waals surface area contributed by atoms with E-state index in [0.29, 0.717) is 11.6 Å².